The molecule has 20 heavy (non-hydrogen) atoms. The van der Waals surface area contributed by atoms with Gasteiger partial charge in [0.25, 0.3) is 0 Å². The predicted molar refractivity (Wildman–Crippen MR) is 78.2 cm³/mol. The van der Waals surface area contributed by atoms with Crippen LogP contribution in [-0.4, -0.2) is 23.9 Å². The summed E-state index contributed by atoms with van der Waals surface area (Å²) in [6, 6.07) is 10.0. The van der Waals surface area contributed by atoms with Crippen LogP contribution in [0.4, 0.5) is 0 Å². The molecule has 1 N–H and O–H groups in total. The Balaban J connectivity index is 1.96. The van der Waals surface area contributed by atoms with Crippen molar-refractivity contribution < 1.29 is 13.5 Å². The maximum Gasteiger partial charge on any atom is 0.247 e. The van der Waals surface area contributed by atoms with Crippen LogP contribution in [0, 0.1) is 0 Å². The molecule has 1 heterocycles. The first kappa shape index (κ1) is 13.6. The SMILES string of the molecule is O=S(=O)(c1ccccc1O)N(Cc1cccs1)C1CC1. The Morgan fingerprint density at radius 3 is 2.55 bits per heavy atom. The van der Waals surface area contributed by atoms with Crippen molar-refractivity contribution in [2.45, 2.75) is 30.3 Å². The molecule has 2 aromatic rings. The monoisotopic (exact) mass is 309 g/mol. The molecule has 0 spiro atoms. The topological polar surface area (TPSA) is 57.6 Å². The zero-order valence-electron chi connectivity index (χ0n) is 10.8. The fourth-order valence-electron chi connectivity index (χ4n) is 2.13. The lowest BCUT2D eigenvalue weighted by atomic mass is 10.3. The lowest BCUT2D eigenvalue weighted by Gasteiger charge is -2.21. The zero-order chi connectivity index (χ0) is 14.2. The number of para-hydroxylation sites is 1. The minimum Gasteiger partial charge on any atom is -0.507 e. The molecule has 3 rings (SSSR count). The van der Waals surface area contributed by atoms with Gasteiger partial charge in [0.1, 0.15) is 10.6 Å². The number of hydrogen-bond donors (Lipinski definition) is 1. The van der Waals surface area contributed by atoms with E-state index in [1.165, 1.54) is 16.4 Å². The quantitative estimate of drug-likeness (QED) is 0.924. The van der Waals surface area contributed by atoms with Gasteiger partial charge in [-0.3, -0.25) is 0 Å². The summed E-state index contributed by atoms with van der Waals surface area (Å²) in [6.07, 6.45) is 1.77. The molecular weight excluding hydrogens is 294 g/mol. The van der Waals surface area contributed by atoms with E-state index in [1.807, 2.05) is 17.5 Å². The molecule has 0 unspecified atom stereocenters. The Hall–Kier alpha value is -1.37. The van der Waals surface area contributed by atoms with E-state index in [0.717, 1.165) is 17.7 Å². The average molecular weight is 309 g/mol. The summed E-state index contributed by atoms with van der Waals surface area (Å²) >= 11 is 1.54. The summed E-state index contributed by atoms with van der Waals surface area (Å²) in [5.74, 6) is -0.190. The van der Waals surface area contributed by atoms with Crippen LogP contribution >= 0.6 is 11.3 Å². The number of sulfonamides is 1. The lowest BCUT2D eigenvalue weighted by molar-refractivity contribution is 0.395. The Morgan fingerprint density at radius 2 is 1.95 bits per heavy atom. The van der Waals surface area contributed by atoms with E-state index in [-0.39, 0.29) is 16.7 Å². The Labute approximate surface area is 122 Å². The second-order valence-electron chi connectivity index (χ2n) is 4.83. The van der Waals surface area contributed by atoms with Crippen LogP contribution in [0.25, 0.3) is 0 Å². The number of thiophene rings is 1. The lowest BCUT2D eigenvalue weighted by Crippen LogP contribution is -2.32. The normalized spacial score (nSPS) is 15.7. The largest absolute Gasteiger partial charge is 0.507 e. The number of benzene rings is 1. The maximum atomic E-state index is 12.7. The maximum absolute atomic E-state index is 12.7. The van der Waals surface area contributed by atoms with Gasteiger partial charge in [0, 0.05) is 17.5 Å². The molecule has 1 aliphatic carbocycles. The van der Waals surface area contributed by atoms with Gasteiger partial charge in [-0.15, -0.1) is 11.3 Å². The summed E-state index contributed by atoms with van der Waals surface area (Å²) in [4.78, 5) is 0.999. The first-order valence-electron chi connectivity index (χ1n) is 6.41. The number of phenols is 1. The van der Waals surface area contributed by atoms with Crippen LogP contribution in [0.3, 0.4) is 0 Å². The Bertz CT molecular complexity index is 691. The summed E-state index contributed by atoms with van der Waals surface area (Å²) < 4.78 is 27.0. The van der Waals surface area contributed by atoms with E-state index in [1.54, 1.807) is 23.5 Å². The van der Waals surface area contributed by atoms with E-state index in [4.69, 9.17) is 0 Å². The molecule has 0 bridgehead atoms. The van der Waals surface area contributed by atoms with Crippen molar-refractivity contribution in [1.29, 1.82) is 0 Å². The second kappa shape index (κ2) is 5.20. The summed E-state index contributed by atoms with van der Waals surface area (Å²) in [5, 5.41) is 11.8. The van der Waals surface area contributed by atoms with Crippen LogP contribution in [0.2, 0.25) is 0 Å². The van der Waals surface area contributed by atoms with E-state index in [0.29, 0.717) is 6.54 Å². The number of phenolic OH excluding ortho intramolecular Hbond substituents is 1. The third-order valence-corrected chi connectivity index (χ3v) is 6.10. The fourth-order valence-corrected chi connectivity index (χ4v) is 4.66. The van der Waals surface area contributed by atoms with Crippen LogP contribution in [0.15, 0.2) is 46.7 Å². The van der Waals surface area contributed by atoms with Crippen molar-refractivity contribution in [2.75, 3.05) is 0 Å². The molecule has 1 aromatic heterocycles. The molecule has 4 nitrogen and oxygen atoms in total. The van der Waals surface area contributed by atoms with Crippen molar-refractivity contribution in [3.63, 3.8) is 0 Å². The summed E-state index contributed by atoms with van der Waals surface area (Å²) in [5.41, 5.74) is 0. The molecule has 6 heteroatoms. The van der Waals surface area contributed by atoms with Gasteiger partial charge in [0.2, 0.25) is 10.0 Å². The third kappa shape index (κ3) is 2.59. The van der Waals surface area contributed by atoms with Gasteiger partial charge >= 0.3 is 0 Å². The van der Waals surface area contributed by atoms with Crippen molar-refractivity contribution in [3.05, 3.63) is 46.7 Å². The molecular formula is C14H15NO3S2. The number of aromatic hydroxyl groups is 1. The summed E-state index contributed by atoms with van der Waals surface area (Å²) in [6.45, 7) is 0.374. The Morgan fingerprint density at radius 1 is 1.20 bits per heavy atom. The van der Waals surface area contributed by atoms with Gasteiger partial charge in [-0.25, -0.2) is 8.42 Å². The van der Waals surface area contributed by atoms with E-state index in [2.05, 4.69) is 0 Å². The molecule has 0 atom stereocenters. The van der Waals surface area contributed by atoms with E-state index in [9.17, 15) is 13.5 Å². The standard InChI is InChI=1S/C14H15NO3S2/c16-13-5-1-2-6-14(13)20(17,18)15(11-7-8-11)10-12-4-3-9-19-12/h1-6,9,11,16H,7-8,10H2. The number of hydrogen-bond acceptors (Lipinski definition) is 4. The van der Waals surface area contributed by atoms with Crippen LogP contribution in [-0.2, 0) is 16.6 Å². The first-order valence-corrected chi connectivity index (χ1v) is 8.73. The first-order chi connectivity index (χ1) is 9.59. The van der Waals surface area contributed by atoms with E-state index >= 15 is 0 Å². The molecule has 0 amide bonds. The predicted octanol–water partition coefficient (Wildman–Crippen LogP) is 2.81. The summed E-state index contributed by atoms with van der Waals surface area (Å²) in [7, 11) is -3.65. The zero-order valence-corrected chi connectivity index (χ0v) is 12.4. The van der Waals surface area contributed by atoms with Crippen molar-refractivity contribution in [2.24, 2.45) is 0 Å². The van der Waals surface area contributed by atoms with Crippen molar-refractivity contribution in [1.82, 2.24) is 4.31 Å². The molecule has 1 saturated carbocycles. The highest BCUT2D eigenvalue weighted by atomic mass is 32.2. The fraction of sp³-hybridized carbons (Fsp3) is 0.286. The molecule has 0 aliphatic heterocycles. The van der Waals surface area contributed by atoms with E-state index < -0.39 is 10.0 Å². The molecule has 106 valence electrons. The van der Waals surface area contributed by atoms with Crippen LogP contribution in [0.1, 0.15) is 17.7 Å². The Kier molecular flexibility index (Phi) is 3.54. The smallest absolute Gasteiger partial charge is 0.247 e. The minimum atomic E-state index is -3.65. The van der Waals surface area contributed by atoms with Crippen molar-refractivity contribution >= 4 is 21.4 Å². The highest BCUT2D eigenvalue weighted by Crippen LogP contribution is 2.36. The van der Waals surface area contributed by atoms with Gasteiger partial charge in [0.15, 0.2) is 0 Å². The van der Waals surface area contributed by atoms with Gasteiger partial charge < -0.3 is 5.11 Å². The van der Waals surface area contributed by atoms with Crippen LogP contribution in [0.5, 0.6) is 5.75 Å². The second-order valence-corrected chi connectivity index (χ2v) is 7.72. The highest BCUT2D eigenvalue weighted by molar-refractivity contribution is 7.89. The van der Waals surface area contributed by atoms with Gasteiger partial charge in [0.05, 0.1) is 0 Å². The molecule has 0 saturated heterocycles. The number of rotatable bonds is 5. The van der Waals surface area contributed by atoms with Crippen LogP contribution < -0.4 is 0 Å². The van der Waals surface area contributed by atoms with Gasteiger partial charge in [-0.05, 0) is 36.4 Å². The van der Waals surface area contributed by atoms with Gasteiger partial charge in [-0.1, -0.05) is 18.2 Å². The minimum absolute atomic E-state index is 0.0107. The van der Waals surface area contributed by atoms with Crippen molar-refractivity contribution in [3.8, 4) is 5.75 Å². The van der Waals surface area contributed by atoms with Gasteiger partial charge in [-0.2, -0.15) is 4.31 Å². The highest BCUT2D eigenvalue weighted by Gasteiger charge is 2.39. The number of nitrogens with zero attached hydrogens (tertiary/aromatic N) is 1. The molecule has 1 aromatic carbocycles. The molecule has 1 fully saturated rings. The average Bonchev–Trinajstić information content (AvgIpc) is 3.12. The third-order valence-electron chi connectivity index (χ3n) is 3.30. The molecule has 1 aliphatic rings. The molecule has 0 radical (unpaired) electrons.